The third kappa shape index (κ3) is 3.00. The lowest BCUT2D eigenvalue weighted by atomic mass is 10.3. The van der Waals surface area contributed by atoms with Gasteiger partial charge in [0, 0.05) is 24.4 Å². The van der Waals surface area contributed by atoms with Gasteiger partial charge in [0.15, 0.2) is 6.20 Å². The first kappa shape index (κ1) is 13.3. The largest absolute Gasteiger partial charge is 0.618 e. The molecule has 2 heterocycles. The molecular weight excluding hydrogens is 314 g/mol. The van der Waals surface area contributed by atoms with Crippen LogP contribution in [0.5, 0.6) is 5.75 Å². The monoisotopic (exact) mass is 323 g/mol. The summed E-state index contributed by atoms with van der Waals surface area (Å²) in [5, 5.41) is 14.0. The van der Waals surface area contributed by atoms with Gasteiger partial charge in [-0.2, -0.15) is 4.73 Å². The fraction of sp³-hybridized carbons (Fsp3) is 0.0833. The van der Waals surface area contributed by atoms with E-state index in [0.29, 0.717) is 20.8 Å². The molecule has 0 spiro atoms. The lowest BCUT2D eigenvalue weighted by Crippen LogP contribution is -2.36. The molecule has 0 aliphatic heterocycles. The molecule has 19 heavy (non-hydrogen) atoms. The van der Waals surface area contributed by atoms with Crippen LogP contribution in [0.15, 0.2) is 41.1 Å². The van der Waals surface area contributed by atoms with E-state index in [1.54, 1.807) is 18.2 Å². The summed E-state index contributed by atoms with van der Waals surface area (Å²) in [5.74, 6) is 0.301. The van der Waals surface area contributed by atoms with Gasteiger partial charge in [0.05, 0.1) is 11.6 Å². The average molecular weight is 324 g/mol. The molecule has 0 aromatic carbocycles. The first-order chi connectivity index (χ1) is 9.11. The standard InChI is InChI=1S/C12H10BrN3O3/c1-19-10-6-11(14-7-8(10)13)15-12(17)9-4-2-3-5-16(9)18/h2-7H,1H3,(H,14,15,17). The normalized spacial score (nSPS) is 10.0. The predicted octanol–water partition coefficient (Wildman–Crippen LogP) is 1.74. The molecule has 2 rings (SSSR count). The van der Waals surface area contributed by atoms with E-state index in [9.17, 15) is 10.0 Å². The number of anilines is 1. The number of carbonyl (C=O) groups is 1. The summed E-state index contributed by atoms with van der Waals surface area (Å²) in [5.41, 5.74) is -0.00816. The van der Waals surface area contributed by atoms with E-state index >= 15 is 0 Å². The van der Waals surface area contributed by atoms with Crippen LogP contribution < -0.4 is 14.8 Å². The van der Waals surface area contributed by atoms with Gasteiger partial charge in [0.1, 0.15) is 11.6 Å². The van der Waals surface area contributed by atoms with E-state index in [-0.39, 0.29) is 5.69 Å². The van der Waals surface area contributed by atoms with Crippen molar-refractivity contribution in [3.05, 3.63) is 52.0 Å². The molecule has 0 saturated heterocycles. The summed E-state index contributed by atoms with van der Waals surface area (Å²) in [6.45, 7) is 0. The Balaban J connectivity index is 2.22. The summed E-state index contributed by atoms with van der Waals surface area (Å²) < 4.78 is 6.26. The minimum absolute atomic E-state index is 0.00816. The van der Waals surface area contributed by atoms with Crippen LogP contribution in [0.25, 0.3) is 0 Å². The van der Waals surface area contributed by atoms with Crippen molar-refractivity contribution in [3.8, 4) is 5.75 Å². The summed E-state index contributed by atoms with van der Waals surface area (Å²) >= 11 is 3.26. The average Bonchev–Trinajstić information content (AvgIpc) is 2.41. The van der Waals surface area contributed by atoms with Crippen LogP contribution in [0.3, 0.4) is 0 Å². The van der Waals surface area contributed by atoms with E-state index in [1.165, 1.54) is 25.6 Å². The van der Waals surface area contributed by atoms with E-state index in [1.807, 2.05) is 0 Å². The molecule has 0 fully saturated rings. The molecular formula is C12H10BrN3O3. The molecule has 0 aliphatic rings. The Morgan fingerprint density at radius 1 is 1.53 bits per heavy atom. The number of nitrogens with zero attached hydrogens (tertiary/aromatic N) is 2. The van der Waals surface area contributed by atoms with Gasteiger partial charge in [-0.15, -0.1) is 0 Å². The molecule has 0 radical (unpaired) electrons. The van der Waals surface area contributed by atoms with Crippen molar-refractivity contribution < 1.29 is 14.3 Å². The third-order valence-corrected chi connectivity index (χ3v) is 2.93. The predicted molar refractivity (Wildman–Crippen MR) is 71.8 cm³/mol. The summed E-state index contributed by atoms with van der Waals surface area (Å²) in [6.07, 6.45) is 2.76. The Kier molecular flexibility index (Phi) is 3.96. The zero-order valence-corrected chi connectivity index (χ0v) is 11.5. The molecule has 0 aliphatic carbocycles. The lowest BCUT2D eigenvalue weighted by Gasteiger charge is -2.07. The van der Waals surface area contributed by atoms with Gasteiger partial charge < -0.3 is 15.3 Å². The molecule has 98 valence electrons. The van der Waals surface area contributed by atoms with Crippen molar-refractivity contribution in [1.82, 2.24) is 4.98 Å². The molecule has 2 aromatic heterocycles. The Hall–Kier alpha value is -2.15. The molecule has 2 aromatic rings. The number of halogens is 1. The van der Waals surface area contributed by atoms with E-state index in [0.717, 1.165) is 0 Å². The topological polar surface area (TPSA) is 78.2 Å². The zero-order chi connectivity index (χ0) is 13.8. The van der Waals surface area contributed by atoms with Gasteiger partial charge in [0.25, 0.3) is 5.69 Å². The highest BCUT2D eigenvalue weighted by Gasteiger charge is 2.16. The zero-order valence-electron chi connectivity index (χ0n) is 9.96. The number of carbonyl (C=O) groups excluding carboxylic acids is 1. The van der Waals surface area contributed by atoms with Crippen molar-refractivity contribution >= 4 is 27.7 Å². The molecule has 7 heteroatoms. The summed E-state index contributed by atoms with van der Waals surface area (Å²) in [4.78, 5) is 15.9. The molecule has 0 bridgehead atoms. The number of aromatic nitrogens is 2. The van der Waals surface area contributed by atoms with E-state index in [2.05, 4.69) is 26.2 Å². The van der Waals surface area contributed by atoms with E-state index < -0.39 is 5.91 Å². The number of hydrogen-bond acceptors (Lipinski definition) is 4. The number of nitrogens with one attached hydrogen (secondary N) is 1. The van der Waals surface area contributed by atoms with Gasteiger partial charge >= 0.3 is 5.91 Å². The smallest absolute Gasteiger partial charge is 0.322 e. The molecule has 1 N–H and O–H groups in total. The minimum Gasteiger partial charge on any atom is -0.618 e. The number of amides is 1. The van der Waals surface area contributed by atoms with Crippen LogP contribution in [0.2, 0.25) is 0 Å². The molecule has 0 unspecified atom stereocenters. The molecule has 1 amide bonds. The maximum Gasteiger partial charge on any atom is 0.322 e. The van der Waals surface area contributed by atoms with Crippen molar-refractivity contribution in [3.63, 3.8) is 0 Å². The van der Waals surface area contributed by atoms with Crippen LogP contribution in [0, 0.1) is 5.21 Å². The Bertz CT molecular complexity index is 619. The SMILES string of the molecule is COc1cc(NC(=O)c2cccc[n+]2[O-])ncc1Br. The van der Waals surface area contributed by atoms with Gasteiger partial charge in [-0.05, 0) is 22.0 Å². The van der Waals surface area contributed by atoms with Crippen molar-refractivity contribution in [2.24, 2.45) is 0 Å². The molecule has 0 atom stereocenters. The molecule has 6 nitrogen and oxygen atoms in total. The van der Waals surface area contributed by atoms with Crippen LogP contribution in [-0.2, 0) is 0 Å². The Labute approximate surface area is 117 Å². The van der Waals surface area contributed by atoms with Gasteiger partial charge in [-0.25, -0.2) is 4.98 Å². The third-order valence-electron chi connectivity index (χ3n) is 2.34. The fourth-order valence-corrected chi connectivity index (χ4v) is 1.81. The van der Waals surface area contributed by atoms with Crippen molar-refractivity contribution in [2.45, 2.75) is 0 Å². The van der Waals surface area contributed by atoms with Crippen LogP contribution in [0.4, 0.5) is 5.82 Å². The molecule has 0 saturated carbocycles. The highest BCUT2D eigenvalue weighted by molar-refractivity contribution is 9.10. The van der Waals surface area contributed by atoms with Crippen molar-refractivity contribution in [1.29, 1.82) is 0 Å². The highest BCUT2D eigenvalue weighted by atomic mass is 79.9. The highest BCUT2D eigenvalue weighted by Crippen LogP contribution is 2.25. The Morgan fingerprint density at radius 3 is 3.00 bits per heavy atom. The number of rotatable bonds is 3. The van der Waals surface area contributed by atoms with E-state index in [4.69, 9.17) is 4.74 Å². The van der Waals surface area contributed by atoms with Crippen LogP contribution in [0.1, 0.15) is 10.5 Å². The second kappa shape index (κ2) is 5.66. The maximum absolute atomic E-state index is 11.9. The fourth-order valence-electron chi connectivity index (χ4n) is 1.43. The van der Waals surface area contributed by atoms with Gasteiger partial charge in [-0.3, -0.25) is 4.79 Å². The maximum atomic E-state index is 11.9. The number of ether oxygens (including phenoxy) is 1. The number of methoxy groups -OCH3 is 1. The lowest BCUT2D eigenvalue weighted by molar-refractivity contribution is -0.607. The quantitative estimate of drug-likeness (QED) is 0.689. The second-order valence-electron chi connectivity index (χ2n) is 3.57. The number of hydrogen-bond donors (Lipinski definition) is 1. The summed E-state index contributed by atoms with van der Waals surface area (Å²) in [6, 6.07) is 6.14. The first-order valence-electron chi connectivity index (χ1n) is 5.31. The number of pyridine rings is 2. The van der Waals surface area contributed by atoms with Crippen LogP contribution >= 0.6 is 15.9 Å². The van der Waals surface area contributed by atoms with Gasteiger partial charge in [-0.1, -0.05) is 0 Å². The second-order valence-corrected chi connectivity index (χ2v) is 4.42. The van der Waals surface area contributed by atoms with Crippen LogP contribution in [-0.4, -0.2) is 18.0 Å². The van der Waals surface area contributed by atoms with Crippen molar-refractivity contribution in [2.75, 3.05) is 12.4 Å². The summed E-state index contributed by atoms with van der Waals surface area (Å²) in [7, 11) is 1.51. The van der Waals surface area contributed by atoms with Gasteiger partial charge in [0.2, 0.25) is 0 Å². The minimum atomic E-state index is -0.535. The first-order valence-corrected chi connectivity index (χ1v) is 6.10. The Morgan fingerprint density at radius 2 is 2.32 bits per heavy atom.